The van der Waals surface area contributed by atoms with Crippen LogP contribution in [0.15, 0.2) is 0 Å². The van der Waals surface area contributed by atoms with Gasteiger partial charge in [-0.3, -0.25) is 0 Å². The lowest BCUT2D eigenvalue weighted by molar-refractivity contribution is -0.00654. The van der Waals surface area contributed by atoms with Gasteiger partial charge in [0.05, 0.1) is 0 Å². The Hall–Kier alpha value is 0.0300. The van der Waals surface area contributed by atoms with Crippen LogP contribution in [0, 0.1) is 0 Å². The number of alkyl halides is 3. The van der Waals surface area contributed by atoms with Crippen LogP contribution >= 0.6 is 10.7 Å². The summed E-state index contributed by atoms with van der Waals surface area (Å²) in [5.74, 6) is -1.38. The van der Waals surface area contributed by atoms with Crippen molar-refractivity contribution in [2.75, 3.05) is 5.75 Å². The van der Waals surface area contributed by atoms with Gasteiger partial charge in [0.2, 0.25) is 9.05 Å². The highest BCUT2D eigenvalue weighted by Crippen LogP contribution is 2.23. The number of halogens is 4. The van der Waals surface area contributed by atoms with E-state index in [4.69, 9.17) is 0 Å². The molecule has 1 unspecified atom stereocenters. The highest BCUT2D eigenvalue weighted by molar-refractivity contribution is 8.13. The fraction of sp³-hybridized carbons (Fsp3) is 1.00. The van der Waals surface area contributed by atoms with Gasteiger partial charge in [-0.2, -0.15) is 0 Å². The van der Waals surface area contributed by atoms with E-state index in [-0.39, 0.29) is 0 Å². The molecule has 68 valence electrons. The van der Waals surface area contributed by atoms with Crippen molar-refractivity contribution < 1.29 is 21.6 Å². The van der Waals surface area contributed by atoms with E-state index in [2.05, 4.69) is 10.7 Å². The Bertz CT molecular complexity index is 223. The van der Waals surface area contributed by atoms with Gasteiger partial charge in [-0.25, -0.2) is 21.6 Å². The minimum atomic E-state index is -4.21. The predicted molar refractivity (Wildman–Crippen MR) is 35.2 cm³/mol. The molecule has 0 aromatic rings. The van der Waals surface area contributed by atoms with Gasteiger partial charge in [0.25, 0.3) is 6.43 Å². The van der Waals surface area contributed by atoms with Crippen LogP contribution in [0.25, 0.3) is 0 Å². The molecule has 1 atom stereocenters. The van der Waals surface area contributed by atoms with Crippen molar-refractivity contribution in [3.63, 3.8) is 0 Å². The topological polar surface area (TPSA) is 34.1 Å². The van der Waals surface area contributed by atoms with Crippen LogP contribution in [0.1, 0.15) is 6.92 Å². The molecule has 0 fully saturated rings. The average Bonchev–Trinajstić information content (AvgIpc) is 1.56. The second kappa shape index (κ2) is 3.18. The zero-order chi connectivity index (χ0) is 9.28. The lowest BCUT2D eigenvalue weighted by Gasteiger charge is -2.16. The Labute approximate surface area is 66.8 Å². The first-order chi connectivity index (χ1) is 4.65. The van der Waals surface area contributed by atoms with E-state index in [9.17, 15) is 21.6 Å². The normalized spacial score (nSPS) is 18.4. The zero-order valence-corrected chi connectivity index (χ0v) is 7.09. The summed E-state index contributed by atoms with van der Waals surface area (Å²) in [7, 11) is 0.351. The predicted octanol–water partition coefficient (Wildman–Crippen LogP) is 1.55. The second-order valence-corrected chi connectivity index (χ2v) is 5.04. The van der Waals surface area contributed by atoms with Crippen LogP contribution < -0.4 is 0 Å². The standard InChI is InChI=1S/C4H6ClF3O2S/c1-4(8,3(6)7)2-11(5,9)10/h3H,2H2,1H3. The highest BCUT2D eigenvalue weighted by Gasteiger charge is 2.39. The molecule has 0 radical (unpaired) electrons. The Balaban J connectivity index is 4.38. The van der Waals surface area contributed by atoms with Gasteiger partial charge < -0.3 is 0 Å². The quantitative estimate of drug-likeness (QED) is 0.663. The lowest BCUT2D eigenvalue weighted by Crippen LogP contribution is -2.35. The molecule has 0 rings (SSSR count). The molecule has 0 aromatic carbocycles. The summed E-state index contributed by atoms with van der Waals surface area (Å²) in [5, 5.41) is 0. The second-order valence-electron chi connectivity index (χ2n) is 2.26. The summed E-state index contributed by atoms with van der Waals surface area (Å²) < 4.78 is 56.1. The summed E-state index contributed by atoms with van der Waals surface area (Å²) in [6.45, 7) is 0.484. The van der Waals surface area contributed by atoms with E-state index in [0.29, 0.717) is 6.92 Å². The maximum absolute atomic E-state index is 12.5. The summed E-state index contributed by atoms with van der Waals surface area (Å²) in [5.41, 5.74) is -3.07. The van der Waals surface area contributed by atoms with E-state index in [1.165, 1.54) is 0 Å². The molecule has 0 aliphatic carbocycles. The largest absolute Gasteiger partial charge is 0.272 e. The molecule has 0 heterocycles. The van der Waals surface area contributed by atoms with Crippen molar-refractivity contribution in [3.05, 3.63) is 0 Å². The molecule has 0 saturated carbocycles. The molecule has 0 aliphatic rings. The number of hydrogen-bond acceptors (Lipinski definition) is 2. The summed E-state index contributed by atoms with van der Waals surface area (Å²) >= 11 is 0. The highest BCUT2D eigenvalue weighted by atomic mass is 35.7. The molecule has 0 aliphatic heterocycles. The third kappa shape index (κ3) is 4.47. The zero-order valence-electron chi connectivity index (χ0n) is 5.52. The van der Waals surface area contributed by atoms with Crippen molar-refractivity contribution in [2.45, 2.75) is 19.0 Å². The summed E-state index contributed by atoms with van der Waals surface area (Å²) in [4.78, 5) is 0. The monoisotopic (exact) mass is 210 g/mol. The van der Waals surface area contributed by atoms with E-state index in [0.717, 1.165) is 0 Å². The number of hydrogen-bond donors (Lipinski definition) is 0. The first-order valence-corrected chi connectivity index (χ1v) is 5.02. The third-order valence-corrected chi connectivity index (χ3v) is 2.15. The molecular formula is C4H6ClF3O2S. The van der Waals surface area contributed by atoms with Gasteiger partial charge in [0.15, 0.2) is 5.67 Å². The molecule has 0 spiro atoms. The van der Waals surface area contributed by atoms with Crippen LogP contribution in [0.2, 0.25) is 0 Å². The molecule has 0 N–H and O–H groups in total. The summed E-state index contributed by atoms with van der Waals surface area (Å²) in [6, 6.07) is 0. The van der Waals surface area contributed by atoms with Crippen molar-refractivity contribution >= 4 is 19.7 Å². The van der Waals surface area contributed by atoms with E-state index in [1.54, 1.807) is 0 Å². The minimum Gasteiger partial charge on any atom is -0.237 e. The van der Waals surface area contributed by atoms with E-state index >= 15 is 0 Å². The molecule has 0 bridgehead atoms. The molecule has 0 aromatic heterocycles. The fourth-order valence-electron chi connectivity index (χ4n) is 0.400. The van der Waals surface area contributed by atoms with Crippen molar-refractivity contribution in [2.24, 2.45) is 0 Å². The molecule has 11 heavy (non-hydrogen) atoms. The average molecular weight is 211 g/mol. The van der Waals surface area contributed by atoms with Gasteiger partial charge in [-0.1, -0.05) is 0 Å². The molecule has 0 saturated heterocycles. The smallest absolute Gasteiger partial charge is 0.237 e. The van der Waals surface area contributed by atoms with Gasteiger partial charge in [-0.15, -0.1) is 0 Å². The third-order valence-electron chi connectivity index (χ3n) is 0.910. The maximum Gasteiger partial charge on any atom is 0.272 e. The molecule has 0 amide bonds. The van der Waals surface area contributed by atoms with Crippen LogP contribution in [-0.2, 0) is 9.05 Å². The van der Waals surface area contributed by atoms with Crippen LogP contribution in [-0.4, -0.2) is 26.3 Å². The Morgan fingerprint density at radius 3 is 2.00 bits per heavy atom. The van der Waals surface area contributed by atoms with Gasteiger partial charge >= 0.3 is 0 Å². The lowest BCUT2D eigenvalue weighted by atomic mass is 10.2. The Morgan fingerprint density at radius 1 is 1.55 bits per heavy atom. The SMILES string of the molecule is CC(F)(CS(=O)(=O)Cl)C(F)F. The van der Waals surface area contributed by atoms with Gasteiger partial charge in [0, 0.05) is 10.7 Å². The van der Waals surface area contributed by atoms with Gasteiger partial charge in [0.1, 0.15) is 5.75 Å². The van der Waals surface area contributed by atoms with Crippen molar-refractivity contribution in [1.82, 2.24) is 0 Å². The van der Waals surface area contributed by atoms with E-state index < -0.39 is 26.9 Å². The first-order valence-electron chi connectivity index (χ1n) is 2.54. The van der Waals surface area contributed by atoms with Crippen LogP contribution in [0.5, 0.6) is 0 Å². The Kier molecular flexibility index (Phi) is 3.19. The number of rotatable bonds is 3. The molecule has 7 heteroatoms. The first kappa shape index (κ1) is 11.0. The fourth-order valence-corrected chi connectivity index (χ4v) is 1.84. The minimum absolute atomic E-state index is 0.484. The van der Waals surface area contributed by atoms with Gasteiger partial charge in [-0.05, 0) is 6.92 Å². The maximum atomic E-state index is 12.5. The molecule has 2 nitrogen and oxygen atoms in total. The Morgan fingerprint density at radius 2 is 1.91 bits per heavy atom. The van der Waals surface area contributed by atoms with E-state index in [1.807, 2.05) is 0 Å². The van der Waals surface area contributed by atoms with Crippen LogP contribution in [0.4, 0.5) is 13.2 Å². The molecular weight excluding hydrogens is 205 g/mol. The summed E-state index contributed by atoms with van der Waals surface area (Å²) in [6.07, 6.45) is -3.35. The van der Waals surface area contributed by atoms with Crippen molar-refractivity contribution in [1.29, 1.82) is 0 Å². The van der Waals surface area contributed by atoms with Crippen LogP contribution in [0.3, 0.4) is 0 Å². The van der Waals surface area contributed by atoms with Crippen molar-refractivity contribution in [3.8, 4) is 0 Å².